The number of benzene rings is 2. The molecule has 174 valence electrons. The molecule has 1 saturated heterocycles. The second-order valence-electron chi connectivity index (χ2n) is 8.42. The highest BCUT2D eigenvalue weighted by Crippen LogP contribution is 2.28. The van der Waals surface area contributed by atoms with Gasteiger partial charge in [-0.15, -0.1) is 0 Å². The quantitative estimate of drug-likeness (QED) is 0.501. The third-order valence-corrected chi connectivity index (χ3v) is 8.39. The zero-order chi connectivity index (χ0) is 23.5. The van der Waals surface area contributed by atoms with E-state index in [2.05, 4.69) is 25.9 Å². The van der Waals surface area contributed by atoms with Crippen LogP contribution in [-0.4, -0.2) is 42.6 Å². The number of amides is 1. The van der Waals surface area contributed by atoms with Crippen molar-refractivity contribution in [2.24, 2.45) is 0 Å². The van der Waals surface area contributed by atoms with Crippen molar-refractivity contribution in [3.8, 4) is 0 Å². The number of rotatable bonds is 6. The Morgan fingerprint density at radius 1 is 0.971 bits per heavy atom. The Kier molecular flexibility index (Phi) is 6.12. The number of nitrogens with one attached hydrogen (secondary N) is 3. The van der Waals surface area contributed by atoms with Crippen LogP contribution in [0.3, 0.4) is 0 Å². The van der Waals surface area contributed by atoms with Crippen molar-refractivity contribution in [3.63, 3.8) is 0 Å². The summed E-state index contributed by atoms with van der Waals surface area (Å²) in [5.41, 5.74) is 4.37. The minimum absolute atomic E-state index is 0.00605. The standard InChI is InChI=1S/C25H25N5O3S/c31-24-14-22-18(2-1-3-23(22)30-24)5-4-17-15-27-25(28-16-17)29-19-6-8-20(9-7-19)34(32,33)21-10-12-26-13-11-21/h1-9,15-16,21,26H,10-14H2,(H,30,31)(H,27,28,29)/b5-4+. The van der Waals surface area contributed by atoms with Gasteiger partial charge in [-0.25, -0.2) is 18.4 Å². The fraction of sp³-hybridized carbons (Fsp3) is 0.240. The van der Waals surface area contributed by atoms with Gasteiger partial charge in [0, 0.05) is 29.3 Å². The molecule has 3 N–H and O–H groups in total. The Morgan fingerprint density at radius 3 is 2.44 bits per heavy atom. The summed E-state index contributed by atoms with van der Waals surface area (Å²) < 4.78 is 25.7. The van der Waals surface area contributed by atoms with Crippen LogP contribution in [0.25, 0.3) is 12.2 Å². The average Bonchev–Trinajstić information content (AvgIpc) is 3.25. The van der Waals surface area contributed by atoms with Crippen LogP contribution in [0.5, 0.6) is 0 Å². The molecule has 3 aromatic rings. The minimum Gasteiger partial charge on any atom is -0.326 e. The summed E-state index contributed by atoms with van der Waals surface area (Å²) in [4.78, 5) is 20.7. The SMILES string of the molecule is O=C1Cc2c(/C=C/c3cnc(Nc4ccc(S(=O)(=O)C5CCNCC5)cc4)nc3)cccc2N1. The number of fused-ring (bicyclic) bond motifs is 1. The van der Waals surface area contributed by atoms with E-state index in [1.54, 1.807) is 36.7 Å². The molecular formula is C25H25N5O3S. The van der Waals surface area contributed by atoms with Gasteiger partial charge in [-0.2, -0.15) is 0 Å². The van der Waals surface area contributed by atoms with Crippen molar-refractivity contribution in [2.45, 2.75) is 29.4 Å². The lowest BCUT2D eigenvalue weighted by Gasteiger charge is -2.22. The molecule has 1 aromatic heterocycles. The van der Waals surface area contributed by atoms with Gasteiger partial charge in [0.25, 0.3) is 0 Å². The fourth-order valence-corrected chi connectivity index (χ4v) is 6.02. The molecule has 34 heavy (non-hydrogen) atoms. The topological polar surface area (TPSA) is 113 Å². The summed E-state index contributed by atoms with van der Waals surface area (Å²) in [6.45, 7) is 1.47. The molecule has 1 amide bonds. The van der Waals surface area contributed by atoms with Gasteiger partial charge in [0.05, 0.1) is 16.6 Å². The highest BCUT2D eigenvalue weighted by Gasteiger charge is 2.28. The largest absolute Gasteiger partial charge is 0.326 e. The smallest absolute Gasteiger partial charge is 0.228 e. The van der Waals surface area contributed by atoms with Crippen LogP contribution >= 0.6 is 0 Å². The maximum absolute atomic E-state index is 12.8. The molecule has 5 rings (SSSR count). The lowest BCUT2D eigenvalue weighted by molar-refractivity contribution is -0.115. The average molecular weight is 476 g/mol. The molecule has 2 aromatic carbocycles. The second-order valence-corrected chi connectivity index (χ2v) is 10.6. The molecule has 9 heteroatoms. The van der Waals surface area contributed by atoms with Gasteiger partial charge in [0.15, 0.2) is 9.84 Å². The summed E-state index contributed by atoms with van der Waals surface area (Å²) in [5.74, 6) is 0.424. The van der Waals surface area contributed by atoms with Gasteiger partial charge >= 0.3 is 0 Å². The summed E-state index contributed by atoms with van der Waals surface area (Å²) in [6.07, 6.45) is 8.92. The van der Waals surface area contributed by atoms with Crippen molar-refractivity contribution in [2.75, 3.05) is 23.7 Å². The van der Waals surface area contributed by atoms with E-state index in [1.165, 1.54) is 0 Å². The molecule has 0 aliphatic carbocycles. The van der Waals surface area contributed by atoms with Crippen LogP contribution in [0.15, 0.2) is 59.8 Å². The molecule has 2 aliphatic rings. The maximum atomic E-state index is 12.8. The predicted octanol–water partition coefficient (Wildman–Crippen LogP) is 3.41. The summed E-state index contributed by atoms with van der Waals surface area (Å²) in [5, 5.41) is 8.83. The second kappa shape index (κ2) is 9.36. The van der Waals surface area contributed by atoms with E-state index in [9.17, 15) is 13.2 Å². The van der Waals surface area contributed by atoms with Crippen molar-refractivity contribution in [1.82, 2.24) is 15.3 Å². The molecule has 1 fully saturated rings. The first-order valence-corrected chi connectivity index (χ1v) is 12.8. The van der Waals surface area contributed by atoms with Crippen molar-refractivity contribution >= 4 is 45.2 Å². The monoisotopic (exact) mass is 475 g/mol. The Bertz CT molecular complexity index is 1330. The van der Waals surface area contributed by atoms with Crippen LogP contribution in [0.2, 0.25) is 0 Å². The number of sulfone groups is 1. The first-order chi connectivity index (χ1) is 16.5. The zero-order valence-corrected chi connectivity index (χ0v) is 19.3. The van der Waals surface area contributed by atoms with Crippen LogP contribution in [0, 0.1) is 0 Å². The molecule has 2 aliphatic heterocycles. The van der Waals surface area contributed by atoms with Crippen molar-refractivity contribution < 1.29 is 13.2 Å². The number of nitrogens with zero attached hydrogens (tertiary/aromatic N) is 2. The Balaban J connectivity index is 1.24. The molecule has 8 nitrogen and oxygen atoms in total. The molecule has 3 heterocycles. The Hall–Kier alpha value is -3.56. The van der Waals surface area contributed by atoms with Gasteiger partial charge < -0.3 is 16.0 Å². The third-order valence-electron chi connectivity index (χ3n) is 6.11. The highest BCUT2D eigenvalue weighted by molar-refractivity contribution is 7.92. The molecule has 0 saturated carbocycles. The van der Waals surface area contributed by atoms with Gasteiger partial charge in [0.2, 0.25) is 11.9 Å². The summed E-state index contributed by atoms with van der Waals surface area (Å²) in [6, 6.07) is 12.5. The summed E-state index contributed by atoms with van der Waals surface area (Å²) in [7, 11) is -3.32. The van der Waals surface area contributed by atoms with E-state index in [-0.39, 0.29) is 11.2 Å². The number of aromatic nitrogens is 2. The molecule has 0 bridgehead atoms. The number of carbonyl (C=O) groups excluding carboxylic acids is 1. The van der Waals surface area contributed by atoms with E-state index in [1.807, 2.05) is 30.4 Å². The molecule has 0 radical (unpaired) electrons. The van der Waals surface area contributed by atoms with Crippen LogP contribution in [0.1, 0.15) is 29.5 Å². The van der Waals surface area contributed by atoms with E-state index < -0.39 is 9.84 Å². The molecular weight excluding hydrogens is 450 g/mol. The van der Waals surface area contributed by atoms with Gasteiger partial charge in [-0.3, -0.25) is 4.79 Å². The predicted molar refractivity (Wildman–Crippen MR) is 133 cm³/mol. The van der Waals surface area contributed by atoms with Crippen molar-refractivity contribution in [3.05, 3.63) is 71.5 Å². The van der Waals surface area contributed by atoms with Gasteiger partial charge in [0.1, 0.15) is 0 Å². The number of hydrogen-bond donors (Lipinski definition) is 3. The zero-order valence-electron chi connectivity index (χ0n) is 18.5. The number of anilines is 3. The van der Waals surface area contributed by atoms with E-state index in [0.717, 1.165) is 35.5 Å². The van der Waals surface area contributed by atoms with Crippen LogP contribution < -0.4 is 16.0 Å². The Morgan fingerprint density at radius 2 is 1.71 bits per heavy atom. The van der Waals surface area contributed by atoms with E-state index >= 15 is 0 Å². The van der Waals surface area contributed by atoms with Crippen molar-refractivity contribution in [1.29, 1.82) is 0 Å². The number of hydrogen-bond acceptors (Lipinski definition) is 7. The number of piperidine rings is 1. The normalized spacial score (nSPS) is 16.4. The highest BCUT2D eigenvalue weighted by atomic mass is 32.2. The molecule has 0 atom stereocenters. The van der Waals surface area contributed by atoms with Gasteiger partial charge in [-0.05, 0) is 67.4 Å². The van der Waals surface area contributed by atoms with Crippen LogP contribution in [-0.2, 0) is 21.1 Å². The minimum atomic E-state index is -3.32. The lowest BCUT2D eigenvalue weighted by Crippen LogP contribution is -2.35. The first kappa shape index (κ1) is 22.2. The fourth-order valence-electron chi connectivity index (χ4n) is 4.26. The lowest BCUT2D eigenvalue weighted by atomic mass is 10.0. The van der Waals surface area contributed by atoms with Gasteiger partial charge in [-0.1, -0.05) is 24.3 Å². The molecule has 0 unspecified atom stereocenters. The number of carbonyl (C=O) groups is 1. The maximum Gasteiger partial charge on any atom is 0.228 e. The van der Waals surface area contributed by atoms with Crippen LogP contribution in [0.4, 0.5) is 17.3 Å². The summed E-state index contributed by atoms with van der Waals surface area (Å²) >= 11 is 0. The Labute approximate surface area is 198 Å². The first-order valence-electron chi connectivity index (χ1n) is 11.2. The van der Waals surface area contributed by atoms with E-state index in [4.69, 9.17) is 0 Å². The third kappa shape index (κ3) is 4.71. The molecule has 0 spiro atoms. The van der Waals surface area contributed by atoms with E-state index in [0.29, 0.717) is 35.8 Å².